The van der Waals surface area contributed by atoms with Crippen LogP contribution < -0.4 is 4.72 Å². The van der Waals surface area contributed by atoms with E-state index in [2.05, 4.69) is 9.82 Å². The van der Waals surface area contributed by atoms with E-state index in [0.29, 0.717) is 12.1 Å². The summed E-state index contributed by atoms with van der Waals surface area (Å²) in [6, 6.07) is 13.2. The minimum atomic E-state index is -4.49. The highest BCUT2D eigenvalue weighted by Crippen LogP contribution is 2.28. The fourth-order valence-electron chi connectivity index (χ4n) is 2.73. The van der Waals surface area contributed by atoms with Gasteiger partial charge >= 0.3 is 6.18 Å². The van der Waals surface area contributed by atoms with Gasteiger partial charge in [0.2, 0.25) is 10.0 Å². The van der Waals surface area contributed by atoms with Crippen LogP contribution in [0.25, 0.3) is 10.8 Å². The first-order chi connectivity index (χ1) is 12.7. The third-order valence-electron chi connectivity index (χ3n) is 4.14. The highest BCUT2D eigenvalue weighted by molar-refractivity contribution is 7.89. The number of hydrogen-bond donors (Lipinski definition) is 1. The van der Waals surface area contributed by atoms with Gasteiger partial charge in [0.05, 0.1) is 4.90 Å². The van der Waals surface area contributed by atoms with Crippen LogP contribution in [-0.4, -0.2) is 24.7 Å². The number of fused-ring (bicyclic) bond motifs is 1. The standard InChI is InChI=1S/C18H18F3N3O2S/c1-13-11-17(18(19,20)21)23-24(13)10-4-9-22-27(25,26)16-8-7-14-5-2-3-6-15(14)12-16/h2-3,5-8,11-12,22H,4,9-10H2,1H3. The third kappa shape index (κ3) is 4.48. The molecule has 3 rings (SSSR count). The van der Waals surface area contributed by atoms with Crippen molar-refractivity contribution in [2.24, 2.45) is 0 Å². The van der Waals surface area contributed by atoms with Gasteiger partial charge in [-0.15, -0.1) is 0 Å². The summed E-state index contributed by atoms with van der Waals surface area (Å²) in [4.78, 5) is 0.149. The van der Waals surface area contributed by atoms with E-state index in [-0.39, 0.29) is 18.0 Å². The van der Waals surface area contributed by atoms with Crippen molar-refractivity contribution >= 4 is 20.8 Å². The SMILES string of the molecule is Cc1cc(C(F)(F)F)nn1CCCNS(=O)(=O)c1ccc2ccccc2c1. The van der Waals surface area contributed by atoms with Crippen LogP contribution in [-0.2, 0) is 22.7 Å². The number of alkyl halides is 3. The van der Waals surface area contributed by atoms with E-state index in [9.17, 15) is 21.6 Å². The van der Waals surface area contributed by atoms with Gasteiger partial charge in [0.15, 0.2) is 5.69 Å². The monoisotopic (exact) mass is 397 g/mol. The zero-order chi connectivity index (χ0) is 19.7. The van der Waals surface area contributed by atoms with Gasteiger partial charge in [-0.2, -0.15) is 18.3 Å². The van der Waals surface area contributed by atoms with Crippen molar-refractivity contribution in [2.75, 3.05) is 6.54 Å². The van der Waals surface area contributed by atoms with E-state index in [0.717, 1.165) is 16.8 Å². The Hall–Kier alpha value is -2.39. The quantitative estimate of drug-likeness (QED) is 0.645. The average Bonchev–Trinajstić information content (AvgIpc) is 2.99. The van der Waals surface area contributed by atoms with Crippen molar-refractivity contribution in [3.8, 4) is 0 Å². The smallest absolute Gasteiger partial charge is 0.269 e. The first-order valence-corrected chi connectivity index (χ1v) is 9.75. The predicted molar refractivity (Wildman–Crippen MR) is 95.7 cm³/mol. The van der Waals surface area contributed by atoms with Gasteiger partial charge in [-0.1, -0.05) is 30.3 Å². The number of rotatable bonds is 6. The molecule has 1 heterocycles. The Labute approximate surface area is 154 Å². The van der Waals surface area contributed by atoms with Crippen LogP contribution in [0.2, 0.25) is 0 Å². The Balaban J connectivity index is 1.61. The first-order valence-electron chi connectivity index (χ1n) is 8.27. The molecule has 0 amide bonds. The molecule has 5 nitrogen and oxygen atoms in total. The van der Waals surface area contributed by atoms with Gasteiger partial charge in [0, 0.05) is 18.8 Å². The lowest BCUT2D eigenvalue weighted by atomic mass is 10.1. The molecule has 9 heteroatoms. The molecule has 0 atom stereocenters. The van der Waals surface area contributed by atoms with Crippen LogP contribution >= 0.6 is 0 Å². The third-order valence-corrected chi connectivity index (χ3v) is 5.60. The lowest BCUT2D eigenvalue weighted by Gasteiger charge is -2.09. The summed E-state index contributed by atoms with van der Waals surface area (Å²) in [5.41, 5.74) is -0.573. The Morgan fingerprint density at radius 3 is 2.44 bits per heavy atom. The Morgan fingerprint density at radius 1 is 1.07 bits per heavy atom. The molecule has 2 aromatic carbocycles. The number of nitrogens with one attached hydrogen (secondary N) is 1. The van der Waals surface area contributed by atoms with Crippen LogP contribution in [0.3, 0.4) is 0 Å². The fraction of sp³-hybridized carbons (Fsp3) is 0.278. The second kappa shape index (κ2) is 7.32. The van der Waals surface area contributed by atoms with Gasteiger partial charge < -0.3 is 0 Å². The maximum absolute atomic E-state index is 12.7. The summed E-state index contributed by atoms with van der Waals surface area (Å²) in [5.74, 6) is 0. The summed E-state index contributed by atoms with van der Waals surface area (Å²) >= 11 is 0. The van der Waals surface area contributed by atoms with Gasteiger partial charge in [-0.25, -0.2) is 13.1 Å². The average molecular weight is 397 g/mol. The molecule has 0 saturated carbocycles. The largest absolute Gasteiger partial charge is 0.435 e. The summed E-state index contributed by atoms with van der Waals surface area (Å²) in [6.07, 6.45) is -4.18. The Morgan fingerprint density at radius 2 is 1.78 bits per heavy atom. The normalized spacial score (nSPS) is 12.6. The molecule has 0 radical (unpaired) electrons. The molecule has 0 aliphatic heterocycles. The molecule has 3 aromatic rings. The second-order valence-corrected chi connectivity index (χ2v) is 7.92. The van der Waals surface area contributed by atoms with Crippen molar-refractivity contribution in [1.82, 2.24) is 14.5 Å². The molecule has 1 aromatic heterocycles. The predicted octanol–water partition coefficient (Wildman–Crippen LogP) is 3.73. The topological polar surface area (TPSA) is 64.0 Å². The van der Waals surface area contributed by atoms with Crippen LogP contribution in [0.1, 0.15) is 17.8 Å². The van der Waals surface area contributed by atoms with Crippen molar-refractivity contribution < 1.29 is 21.6 Å². The van der Waals surface area contributed by atoms with Gasteiger partial charge in [0.25, 0.3) is 0 Å². The zero-order valence-electron chi connectivity index (χ0n) is 14.5. The minimum absolute atomic E-state index is 0.0931. The van der Waals surface area contributed by atoms with Crippen LogP contribution in [0.15, 0.2) is 53.4 Å². The van der Waals surface area contributed by atoms with Gasteiger partial charge in [0.1, 0.15) is 0 Å². The number of sulfonamides is 1. The second-order valence-electron chi connectivity index (χ2n) is 6.15. The molecule has 0 saturated heterocycles. The molecule has 0 unspecified atom stereocenters. The number of nitrogens with zero attached hydrogens (tertiary/aromatic N) is 2. The Kier molecular flexibility index (Phi) is 5.25. The van der Waals surface area contributed by atoms with E-state index in [1.165, 1.54) is 17.7 Å². The molecule has 0 aliphatic carbocycles. The maximum atomic E-state index is 12.7. The Bertz CT molecular complexity index is 1060. The molecule has 0 fully saturated rings. The number of hydrogen-bond acceptors (Lipinski definition) is 3. The first kappa shape index (κ1) is 19.4. The summed E-state index contributed by atoms with van der Waals surface area (Å²) in [5, 5.41) is 5.27. The number of aromatic nitrogens is 2. The van der Waals surface area contributed by atoms with Crippen molar-refractivity contribution in [3.05, 3.63) is 59.9 Å². The molecule has 144 valence electrons. The van der Waals surface area contributed by atoms with E-state index in [1.54, 1.807) is 12.1 Å². The number of halogens is 3. The number of aryl methyl sites for hydroxylation is 2. The highest BCUT2D eigenvalue weighted by atomic mass is 32.2. The van der Waals surface area contributed by atoms with Crippen LogP contribution in [0.5, 0.6) is 0 Å². The molecule has 0 spiro atoms. The van der Waals surface area contributed by atoms with Crippen molar-refractivity contribution in [3.63, 3.8) is 0 Å². The summed E-state index contributed by atoms with van der Waals surface area (Å²) in [6.45, 7) is 1.81. The lowest BCUT2D eigenvalue weighted by Crippen LogP contribution is -2.25. The van der Waals surface area contributed by atoms with Crippen LogP contribution in [0.4, 0.5) is 13.2 Å². The summed E-state index contributed by atoms with van der Waals surface area (Å²) < 4.78 is 66.5. The molecular weight excluding hydrogens is 379 g/mol. The maximum Gasteiger partial charge on any atom is 0.435 e. The highest BCUT2D eigenvalue weighted by Gasteiger charge is 2.34. The van der Waals surface area contributed by atoms with Gasteiger partial charge in [-0.05, 0) is 42.3 Å². The lowest BCUT2D eigenvalue weighted by molar-refractivity contribution is -0.141. The van der Waals surface area contributed by atoms with E-state index in [1.807, 2.05) is 24.3 Å². The zero-order valence-corrected chi connectivity index (χ0v) is 15.3. The van der Waals surface area contributed by atoms with Crippen LogP contribution in [0, 0.1) is 6.92 Å². The van der Waals surface area contributed by atoms with Crippen molar-refractivity contribution in [1.29, 1.82) is 0 Å². The fourth-order valence-corrected chi connectivity index (χ4v) is 3.84. The molecule has 0 bridgehead atoms. The van der Waals surface area contributed by atoms with Crippen molar-refractivity contribution in [2.45, 2.75) is 31.0 Å². The number of benzene rings is 2. The molecule has 1 N–H and O–H groups in total. The molecule has 0 aliphatic rings. The van der Waals surface area contributed by atoms with Gasteiger partial charge in [-0.3, -0.25) is 4.68 Å². The molecular formula is C18H18F3N3O2S. The van der Waals surface area contributed by atoms with E-state index < -0.39 is 21.9 Å². The van der Waals surface area contributed by atoms with E-state index >= 15 is 0 Å². The van der Waals surface area contributed by atoms with E-state index in [4.69, 9.17) is 0 Å². The minimum Gasteiger partial charge on any atom is -0.269 e. The molecule has 27 heavy (non-hydrogen) atoms. The summed E-state index contributed by atoms with van der Waals surface area (Å²) in [7, 11) is -3.69.